The van der Waals surface area contributed by atoms with E-state index in [0.717, 1.165) is 12.8 Å². The summed E-state index contributed by atoms with van der Waals surface area (Å²) in [5, 5.41) is 2.71. The summed E-state index contributed by atoms with van der Waals surface area (Å²) in [5.74, 6) is 0.423. The largest absolute Gasteiger partial charge is 0.468 e. The van der Waals surface area contributed by atoms with Gasteiger partial charge in [0.25, 0.3) is 0 Å². The van der Waals surface area contributed by atoms with Crippen LogP contribution in [0.4, 0.5) is 4.79 Å². The Morgan fingerprint density at radius 3 is 2.50 bits per heavy atom. The Labute approximate surface area is 143 Å². The molecule has 7 heteroatoms. The van der Waals surface area contributed by atoms with Crippen LogP contribution in [0.3, 0.4) is 0 Å². The van der Waals surface area contributed by atoms with Gasteiger partial charge < -0.3 is 14.6 Å². The molecule has 0 bridgehead atoms. The number of amides is 2. The highest BCUT2D eigenvalue weighted by Crippen LogP contribution is 2.23. The highest BCUT2D eigenvalue weighted by Gasteiger charge is 2.32. The van der Waals surface area contributed by atoms with Crippen molar-refractivity contribution in [2.45, 2.75) is 62.0 Å². The molecule has 1 aliphatic heterocycles. The van der Waals surface area contributed by atoms with E-state index in [-0.39, 0.29) is 23.1 Å². The third kappa shape index (κ3) is 4.32. The minimum atomic E-state index is -3.23. The smallest absolute Gasteiger partial charge is 0.317 e. The molecule has 24 heavy (non-hydrogen) atoms. The van der Waals surface area contributed by atoms with Crippen LogP contribution in [0.2, 0.25) is 0 Å². The molecule has 0 aromatic carbocycles. The predicted molar refractivity (Wildman–Crippen MR) is 91.3 cm³/mol. The number of urea groups is 1. The van der Waals surface area contributed by atoms with Crippen LogP contribution in [0.25, 0.3) is 0 Å². The quantitative estimate of drug-likeness (QED) is 0.901. The summed E-state index contributed by atoms with van der Waals surface area (Å²) in [6.45, 7) is 1.00. The third-order valence-corrected chi connectivity index (χ3v) is 7.27. The molecular formula is C17H26N2O4S. The summed E-state index contributed by atoms with van der Waals surface area (Å²) in [5.41, 5.74) is 0. The Balaban J connectivity index is 1.48. The van der Waals surface area contributed by atoms with Crippen LogP contribution < -0.4 is 5.32 Å². The topological polar surface area (TPSA) is 79.6 Å². The van der Waals surface area contributed by atoms with Crippen LogP contribution in [0, 0.1) is 0 Å². The molecule has 0 radical (unpaired) electrons. The number of nitrogens with zero attached hydrogens (tertiary/aromatic N) is 1. The van der Waals surface area contributed by atoms with E-state index in [1.54, 1.807) is 17.0 Å². The SMILES string of the molecule is O=C(NC1CCCCC1)N1CCC(S(=O)(=O)Cc2ccco2)CC1. The van der Waals surface area contributed by atoms with Gasteiger partial charge in [-0.05, 0) is 37.8 Å². The molecule has 6 nitrogen and oxygen atoms in total. The molecule has 3 rings (SSSR count). The molecule has 1 aromatic heterocycles. The number of hydrogen-bond acceptors (Lipinski definition) is 4. The number of hydrogen-bond donors (Lipinski definition) is 1. The molecule has 2 fully saturated rings. The van der Waals surface area contributed by atoms with E-state index in [9.17, 15) is 13.2 Å². The molecule has 1 aliphatic carbocycles. The van der Waals surface area contributed by atoms with Crippen molar-refractivity contribution < 1.29 is 17.6 Å². The Kier molecular flexibility index (Phi) is 5.48. The fraction of sp³-hybridized carbons (Fsp3) is 0.706. The third-order valence-electron chi connectivity index (χ3n) is 5.09. The van der Waals surface area contributed by atoms with Crippen molar-refractivity contribution in [1.29, 1.82) is 0 Å². The van der Waals surface area contributed by atoms with E-state index < -0.39 is 9.84 Å². The molecule has 1 saturated heterocycles. The van der Waals surface area contributed by atoms with Crippen LogP contribution in [0.5, 0.6) is 0 Å². The van der Waals surface area contributed by atoms with Gasteiger partial charge in [-0.1, -0.05) is 19.3 Å². The first-order valence-electron chi connectivity index (χ1n) is 8.84. The number of sulfone groups is 1. The molecule has 2 amide bonds. The van der Waals surface area contributed by atoms with Gasteiger partial charge in [0.2, 0.25) is 0 Å². The number of carbonyl (C=O) groups is 1. The van der Waals surface area contributed by atoms with Gasteiger partial charge in [0.1, 0.15) is 11.5 Å². The number of rotatable bonds is 4. The van der Waals surface area contributed by atoms with E-state index in [1.165, 1.54) is 25.5 Å². The van der Waals surface area contributed by atoms with Gasteiger partial charge in [-0.3, -0.25) is 0 Å². The van der Waals surface area contributed by atoms with E-state index in [0.29, 0.717) is 31.7 Å². The van der Waals surface area contributed by atoms with E-state index in [4.69, 9.17) is 4.42 Å². The van der Waals surface area contributed by atoms with Crippen molar-refractivity contribution in [2.75, 3.05) is 13.1 Å². The molecule has 134 valence electrons. The van der Waals surface area contributed by atoms with Gasteiger partial charge in [-0.2, -0.15) is 0 Å². The maximum Gasteiger partial charge on any atom is 0.317 e. The van der Waals surface area contributed by atoms with Crippen molar-refractivity contribution in [1.82, 2.24) is 10.2 Å². The number of nitrogens with one attached hydrogen (secondary N) is 1. The van der Waals surface area contributed by atoms with Gasteiger partial charge >= 0.3 is 6.03 Å². The minimum absolute atomic E-state index is 0.0382. The summed E-state index contributed by atoms with van der Waals surface area (Å²) in [4.78, 5) is 14.1. The van der Waals surface area contributed by atoms with Crippen molar-refractivity contribution in [3.8, 4) is 0 Å². The number of likely N-dealkylation sites (tertiary alicyclic amines) is 1. The summed E-state index contributed by atoms with van der Waals surface area (Å²) < 4.78 is 30.1. The van der Waals surface area contributed by atoms with E-state index in [2.05, 4.69) is 5.32 Å². The maximum atomic E-state index is 12.5. The Hall–Kier alpha value is -1.50. The lowest BCUT2D eigenvalue weighted by Gasteiger charge is -2.33. The van der Waals surface area contributed by atoms with Crippen molar-refractivity contribution in [2.24, 2.45) is 0 Å². The molecular weight excluding hydrogens is 328 g/mol. The van der Waals surface area contributed by atoms with Crippen LogP contribution in [0.15, 0.2) is 22.8 Å². The molecule has 2 heterocycles. The lowest BCUT2D eigenvalue weighted by molar-refractivity contribution is 0.179. The van der Waals surface area contributed by atoms with Crippen LogP contribution in [-0.4, -0.2) is 43.7 Å². The summed E-state index contributed by atoms with van der Waals surface area (Å²) >= 11 is 0. The first-order valence-corrected chi connectivity index (χ1v) is 10.6. The van der Waals surface area contributed by atoms with E-state index >= 15 is 0 Å². The normalized spacial score (nSPS) is 20.9. The molecule has 1 saturated carbocycles. The Morgan fingerprint density at radius 1 is 1.17 bits per heavy atom. The number of carbonyl (C=O) groups excluding carboxylic acids is 1. The maximum absolute atomic E-state index is 12.5. The van der Waals surface area contributed by atoms with Crippen molar-refractivity contribution >= 4 is 15.9 Å². The fourth-order valence-corrected chi connectivity index (χ4v) is 5.37. The van der Waals surface area contributed by atoms with Gasteiger partial charge in [-0.15, -0.1) is 0 Å². The van der Waals surface area contributed by atoms with Gasteiger partial charge in [-0.25, -0.2) is 13.2 Å². The first-order chi connectivity index (χ1) is 11.5. The average molecular weight is 354 g/mol. The standard InChI is InChI=1S/C17H26N2O4S/c20-17(18-14-5-2-1-3-6-14)19-10-8-16(9-11-19)24(21,22)13-15-7-4-12-23-15/h4,7,12,14,16H,1-3,5-6,8-11,13H2,(H,18,20). The van der Waals surface area contributed by atoms with Gasteiger partial charge in [0.05, 0.1) is 11.5 Å². The Bertz CT molecular complexity index is 628. The Morgan fingerprint density at radius 2 is 1.88 bits per heavy atom. The predicted octanol–water partition coefficient (Wildman–Crippen LogP) is 2.70. The van der Waals surface area contributed by atoms with E-state index in [1.807, 2.05) is 0 Å². The minimum Gasteiger partial charge on any atom is -0.468 e. The zero-order valence-electron chi connectivity index (χ0n) is 13.9. The zero-order valence-corrected chi connectivity index (χ0v) is 14.8. The molecule has 1 aromatic rings. The highest BCUT2D eigenvalue weighted by atomic mass is 32.2. The average Bonchev–Trinajstić information content (AvgIpc) is 3.08. The number of piperidine rings is 1. The van der Waals surface area contributed by atoms with Crippen LogP contribution in [-0.2, 0) is 15.6 Å². The molecule has 0 unspecified atom stereocenters. The monoisotopic (exact) mass is 354 g/mol. The fourth-order valence-electron chi connectivity index (χ4n) is 3.64. The second-order valence-corrected chi connectivity index (χ2v) is 9.14. The van der Waals surface area contributed by atoms with Crippen molar-refractivity contribution in [3.05, 3.63) is 24.2 Å². The second kappa shape index (κ2) is 7.59. The molecule has 0 spiro atoms. The van der Waals surface area contributed by atoms with Gasteiger partial charge in [0.15, 0.2) is 9.84 Å². The second-order valence-electron chi connectivity index (χ2n) is 6.86. The van der Waals surface area contributed by atoms with Crippen LogP contribution in [0.1, 0.15) is 50.7 Å². The lowest BCUT2D eigenvalue weighted by Crippen LogP contribution is -2.49. The van der Waals surface area contributed by atoms with Gasteiger partial charge in [0, 0.05) is 19.1 Å². The molecule has 0 atom stereocenters. The zero-order chi connectivity index (χ0) is 17.0. The van der Waals surface area contributed by atoms with Crippen molar-refractivity contribution in [3.63, 3.8) is 0 Å². The number of furan rings is 1. The summed E-state index contributed by atoms with van der Waals surface area (Å²) in [6.07, 6.45) is 8.21. The summed E-state index contributed by atoms with van der Waals surface area (Å²) in [6, 6.07) is 3.63. The lowest BCUT2D eigenvalue weighted by atomic mass is 9.96. The first kappa shape index (κ1) is 17.3. The summed E-state index contributed by atoms with van der Waals surface area (Å²) in [7, 11) is -3.23. The highest BCUT2D eigenvalue weighted by molar-refractivity contribution is 7.91. The molecule has 2 aliphatic rings. The van der Waals surface area contributed by atoms with Crippen LogP contribution >= 0.6 is 0 Å². The molecule has 1 N–H and O–H groups in total.